The molecule has 0 spiro atoms. The fourth-order valence-electron chi connectivity index (χ4n) is 0. The number of hydrogen-bond donors (Lipinski definition) is 0. The van der Waals surface area contributed by atoms with E-state index >= 15 is 0 Å². The average Bonchev–Trinajstić information content (AvgIpc) is 1.39. The van der Waals surface area contributed by atoms with Gasteiger partial charge in [-0.2, -0.15) is 0 Å². The van der Waals surface area contributed by atoms with Gasteiger partial charge in [0.05, 0.1) is 0 Å². The van der Waals surface area contributed by atoms with Crippen molar-refractivity contribution in [3.8, 4) is 0 Å². The SMILES string of the molecule is O=N[O-].O=N[O-].[Co+3].[Co+3].[I-].[I-].[I-].[I-].[NH2-].[NH2-].[NH2-].[NH2-].[NH2-].[NH2-].[NH2-].[NH2-].[NH2-].[NH2-]. The maximum Gasteiger partial charge on any atom is 3.00 e. The van der Waals surface area contributed by atoms with Crippen molar-refractivity contribution in [1.29, 1.82) is 0 Å². The fraction of sp³-hybridized carbons (Fsp3) is 0. The Kier molecular flexibility index (Phi) is 9310. The molecular formula is H20Co2I4N12O4-10. The van der Waals surface area contributed by atoms with Gasteiger partial charge in [0.15, 0.2) is 0 Å². The number of rotatable bonds is 0. The zero-order valence-electron chi connectivity index (χ0n) is 10.5. The molecule has 0 saturated heterocycles. The summed E-state index contributed by atoms with van der Waals surface area (Å²) in [6, 6.07) is 0. The molecule has 16 nitrogen and oxygen atoms in total. The van der Waals surface area contributed by atoms with Gasteiger partial charge in [0, 0.05) is 0 Å². The second kappa shape index (κ2) is 620. The summed E-state index contributed by atoms with van der Waals surface area (Å²) in [7, 11) is 0. The minimum Gasteiger partial charge on any atom is -1.00 e. The molecular weight excluding hydrogens is 858 g/mol. The molecule has 0 aromatic carbocycles. The van der Waals surface area contributed by atoms with Gasteiger partial charge in [-0.05, 0) is 0 Å². The molecule has 0 bridgehead atoms. The molecule has 0 atom stereocenters. The van der Waals surface area contributed by atoms with Crippen LogP contribution in [0.2, 0.25) is 0 Å². The average molecular weight is 878 g/mol. The Hall–Kier alpha value is 2.33. The third-order valence-corrected chi connectivity index (χ3v) is 0. The van der Waals surface area contributed by atoms with Gasteiger partial charge >= 0.3 is 33.6 Å². The second-order valence-corrected chi connectivity index (χ2v) is 0.149. The van der Waals surface area contributed by atoms with Crippen LogP contribution in [0.15, 0.2) is 10.7 Å². The Morgan fingerprint density at radius 3 is 0.409 bits per heavy atom. The van der Waals surface area contributed by atoms with Crippen molar-refractivity contribution < 1.29 is 129 Å². The van der Waals surface area contributed by atoms with E-state index in [0.29, 0.717) is 0 Å². The fourth-order valence-corrected chi connectivity index (χ4v) is 0. The zero-order chi connectivity index (χ0) is 5.41. The van der Waals surface area contributed by atoms with Gasteiger partial charge in [-0.1, -0.05) is 0 Å². The van der Waals surface area contributed by atoms with Crippen molar-refractivity contribution in [1.82, 2.24) is 0 Å². The largest absolute Gasteiger partial charge is 3.00 e. The summed E-state index contributed by atoms with van der Waals surface area (Å²) in [5.74, 6) is 0. The molecule has 0 radical (unpaired) electrons. The summed E-state index contributed by atoms with van der Waals surface area (Å²) in [6.07, 6.45) is 0. The molecule has 0 aromatic rings. The predicted molar refractivity (Wildman–Crippen MR) is 71.2 cm³/mol. The van der Waals surface area contributed by atoms with Crippen molar-refractivity contribution in [3.63, 3.8) is 0 Å². The maximum atomic E-state index is 8.00. The minimum atomic E-state index is 0. The number of hydrogen-bond acceptors (Lipinski definition) is 6. The molecule has 0 amide bonds. The smallest absolute Gasteiger partial charge is 1.00 e. The Morgan fingerprint density at radius 2 is 0.409 bits per heavy atom. The van der Waals surface area contributed by atoms with Gasteiger partial charge in [-0.15, -0.1) is 10.7 Å². The summed E-state index contributed by atoms with van der Waals surface area (Å²) in [5.41, 5.74) is 0. The van der Waals surface area contributed by atoms with Gasteiger partial charge in [-0.3, -0.25) is 0 Å². The van der Waals surface area contributed by atoms with Crippen LogP contribution in [0.1, 0.15) is 0 Å². The third-order valence-electron chi connectivity index (χ3n) is 0. The maximum absolute atomic E-state index is 8.00. The van der Waals surface area contributed by atoms with E-state index in [2.05, 4.69) is 0 Å². The molecule has 0 aliphatic heterocycles. The van der Waals surface area contributed by atoms with Crippen molar-refractivity contribution in [3.05, 3.63) is 81.7 Å². The molecule has 22 heavy (non-hydrogen) atoms. The van der Waals surface area contributed by atoms with Crippen LogP contribution in [0, 0.1) is 20.2 Å². The standard InChI is InChI=1S/2Co.4HI.2HNO2.10H2N/c;;;;;;2*2-1-3;;;;;;;;;;/h;;4*1H;2*(H,2,3);10*1H2/q2*+3;;;;;;;10*-1/p-6. The molecule has 0 saturated carbocycles. The van der Waals surface area contributed by atoms with E-state index in [1.165, 1.54) is 0 Å². The zero-order valence-corrected chi connectivity index (χ0v) is 21.2. The van der Waals surface area contributed by atoms with E-state index in [1.807, 2.05) is 0 Å². The van der Waals surface area contributed by atoms with Crippen LogP contribution in [0.3, 0.4) is 0 Å². The topological polar surface area (TPSA) is 440 Å². The molecule has 0 aliphatic carbocycles. The summed E-state index contributed by atoms with van der Waals surface area (Å²) in [4.78, 5) is 16.0. The summed E-state index contributed by atoms with van der Waals surface area (Å²) in [6.45, 7) is 0. The molecule has 0 heterocycles. The third kappa shape index (κ3) is 1870. The number of nitrogens with zero attached hydrogens (tertiary/aromatic N) is 2. The van der Waals surface area contributed by atoms with E-state index in [4.69, 9.17) is 20.2 Å². The molecule has 22 heteroatoms. The van der Waals surface area contributed by atoms with Crippen molar-refractivity contribution >= 4 is 0 Å². The Morgan fingerprint density at radius 1 is 0.409 bits per heavy atom. The van der Waals surface area contributed by atoms with E-state index in [1.54, 1.807) is 0 Å². The van der Waals surface area contributed by atoms with Gasteiger partial charge < -0.3 is 178 Å². The minimum absolute atomic E-state index is 0. The predicted octanol–water partition coefficient (Wildman–Crippen LogP) is -4.32. The summed E-state index contributed by atoms with van der Waals surface area (Å²) < 4.78 is 0. The molecule has 0 fully saturated rings. The summed E-state index contributed by atoms with van der Waals surface area (Å²) in [5, 5.41) is 18.0. The van der Waals surface area contributed by atoms with Gasteiger partial charge in [0.1, 0.15) is 0 Å². The molecule has 0 unspecified atom stereocenters. The Balaban J connectivity index is -0.000000000526. The Labute approximate surface area is 219 Å². The molecule has 0 aliphatic rings. The van der Waals surface area contributed by atoms with Crippen LogP contribution in [0.25, 0.3) is 61.5 Å². The van der Waals surface area contributed by atoms with Crippen molar-refractivity contribution in [2.75, 3.05) is 0 Å². The van der Waals surface area contributed by atoms with Crippen LogP contribution in [0.4, 0.5) is 0 Å². The van der Waals surface area contributed by atoms with Crippen molar-refractivity contribution in [2.45, 2.75) is 0 Å². The number of nitrogens with two attached hydrogens (primary N) is 10. The molecule has 20 N–H and O–H groups in total. The van der Waals surface area contributed by atoms with Gasteiger partial charge in [0.25, 0.3) is 0 Å². The van der Waals surface area contributed by atoms with Crippen LogP contribution in [-0.4, -0.2) is 0 Å². The molecule has 0 rings (SSSR count). The van der Waals surface area contributed by atoms with Gasteiger partial charge in [0.2, 0.25) is 0 Å². The summed E-state index contributed by atoms with van der Waals surface area (Å²) >= 11 is 0. The second-order valence-electron chi connectivity index (χ2n) is 0.149. The first-order valence-electron chi connectivity index (χ1n) is 0.730. The van der Waals surface area contributed by atoms with E-state index in [-0.39, 0.29) is 191 Å². The van der Waals surface area contributed by atoms with Crippen molar-refractivity contribution in [2.24, 2.45) is 10.7 Å². The normalized spacial score (nSPS) is 1.09. The number of halogens is 4. The molecule has 0 aromatic heterocycles. The first-order valence-corrected chi connectivity index (χ1v) is 0.730. The van der Waals surface area contributed by atoms with E-state index < -0.39 is 0 Å². The van der Waals surface area contributed by atoms with Crippen LogP contribution < -0.4 is 95.9 Å². The monoisotopic (exact) mass is 878 g/mol. The van der Waals surface area contributed by atoms with Crippen LogP contribution in [-0.2, 0) is 33.6 Å². The van der Waals surface area contributed by atoms with Crippen LogP contribution in [0.5, 0.6) is 0 Å². The van der Waals surface area contributed by atoms with E-state index in [9.17, 15) is 0 Å². The quantitative estimate of drug-likeness (QED) is 0.132. The first-order chi connectivity index (χ1) is 2.83. The Bertz CT molecular complexity index is 58.1. The van der Waals surface area contributed by atoms with Gasteiger partial charge in [-0.25, -0.2) is 0 Å². The van der Waals surface area contributed by atoms with Crippen LogP contribution >= 0.6 is 0 Å². The van der Waals surface area contributed by atoms with E-state index in [0.717, 1.165) is 10.7 Å². The first kappa shape index (κ1) is 330. The molecule has 160 valence electrons.